The maximum Gasteiger partial charge on any atom is 0.139 e. The van der Waals surface area contributed by atoms with E-state index in [9.17, 15) is 9.90 Å². The normalized spacial score (nSPS) is 55.0. The molecule has 3 unspecified atom stereocenters. The summed E-state index contributed by atoms with van der Waals surface area (Å²) < 4.78 is 0. The van der Waals surface area contributed by atoms with Crippen molar-refractivity contribution in [3.05, 3.63) is 0 Å². The average Bonchev–Trinajstić information content (AvgIpc) is 2.71. The lowest BCUT2D eigenvalue weighted by Gasteiger charge is -2.53. The molecule has 2 heteroatoms. The van der Waals surface area contributed by atoms with E-state index in [0.717, 1.165) is 49.4 Å². The molecule has 0 radical (unpaired) electrons. The molecule has 1 N–H and O–H groups in total. The van der Waals surface area contributed by atoms with Crippen LogP contribution in [0.4, 0.5) is 0 Å². The molecule has 112 valence electrons. The van der Waals surface area contributed by atoms with Gasteiger partial charge >= 0.3 is 0 Å². The standard InChI is InChI=1S/C18H28O2/c1-18-10-12-3-2-11-8-14(19)5-6-15(11)16(12)9-13(18)4-7-17(18)20/h11-16,19H,2-10H2,1H3/t11?,12-,13?,14+,15-,16?,18+/m1/s1. The van der Waals surface area contributed by atoms with E-state index in [1.54, 1.807) is 0 Å². The molecule has 7 atom stereocenters. The van der Waals surface area contributed by atoms with E-state index in [2.05, 4.69) is 6.92 Å². The summed E-state index contributed by atoms with van der Waals surface area (Å²) >= 11 is 0. The first-order valence-electron chi connectivity index (χ1n) is 8.79. The number of hydrogen-bond donors (Lipinski definition) is 1. The summed E-state index contributed by atoms with van der Waals surface area (Å²) in [7, 11) is 0. The number of ketones is 1. The molecule has 4 fully saturated rings. The molecule has 20 heavy (non-hydrogen) atoms. The van der Waals surface area contributed by atoms with Crippen molar-refractivity contribution >= 4 is 5.78 Å². The lowest BCUT2D eigenvalue weighted by molar-refractivity contribution is -0.132. The van der Waals surface area contributed by atoms with E-state index in [4.69, 9.17) is 0 Å². The summed E-state index contributed by atoms with van der Waals surface area (Å²) in [4.78, 5) is 12.3. The lowest BCUT2D eigenvalue weighted by atomic mass is 9.51. The van der Waals surface area contributed by atoms with Crippen molar-refractivity contribution in [2.24, 2.45) is 35.0 Å². The molecule has 0 aliphatic heterocycles. The SMILES string of the molecule is C[C@]12C[C@H]3CCC4C[C@@H](O)CC[C@H]4C3CC1CCC2=O. The van der Waals surface area contributed by atoms with Gasteiger partial charge in [-0.15, -0.1) is 0 Å². The summed E-state index contributed by atoms with van der Waals surface area (Å²) in [6, 6.07) is 0. The van der Waals surface area contributed by atoms with Gasteiger partial charge in [-0.05, 0) is 81.0 Å². The molecule has 2 nitrogen and oxygen atoms in total. The maximum atomic E-state index is 12.3. The van der Waals surface area contributed by atoms with E-state index in [1.807, 2.05) is 0 Å². The van der Waals surface area contributed by atoms with Crippen molar-refractivity contribution in [2.75, 3.05) is 0 Å². The van der Waals surface area contributed by atoms with Crippen LogP contribution in [0.5, 0.6) is 0 Å². The van der Waals surface area contributed by atoms with Crippen molar-refractivity contribution in [1.82, 2.24) is 0 Å². The number of aliphatic hydroxyl groups excluding tert-OH is 1. The molecule has 0 amide bonds. The quantitative estimate of drug-likeness (QED) is 0.734. The Bertz CT molecular complexity index is 418. The van der Waals surface area contributed by atoms with Gasteiger partial charge in [-0.25, -0.2) is 0 Å². The zero-order valence-corrected chi connectivity index (χ0v) is 12.7. The fourth-order valence-corrected chi connectivity index (χ4v) is 6.44. The summed E-state index contributed by atoms with van der Waals surface area (Å²) in [5.41, 5.74) is 0.0299. The number of Topliss-reactive ketones (excluding diaryl/α,β-unsaturated/α-hetero) is 1. The molecular formula is C18H28O2. The third-order valence-corrected chi connectivity index (χ3v) is 7.58. The topological polar surface area (TPSA) is 37.3 Å². The van der Waals surface area contributed by atoms with Crippen molar-refractivity contribution < 1.29 is 9.90 Å². The monoisotopic (exact) mass is 276 g/mol. The van der Waals surface area contributed by atoms with E-state index in [-0.39, 0.29) is 11.5 Å². The smallest absolute Gasteiger partial charge is 0.139 e. The highest BCUT2D eigenvalue weighted by Gasteiger charge is 2.55. The van der Waals surface area contributed by atoms with Gasteiger partial charge in [0.2, 0.25) is 0 Å². The average molecular weight is 276 g/mol. The van der Waals surface area contributed by atoms with Gasteiger partial charge in [0.05, 0.1) is 6.10 Å². The van der Waals surface area contributed by atoms with Crippen LogP contribution < -0.4 is 0 Å². The first-order chi connectivity index (χ1) is 9.58. The Morgan fingerprint density at radius 3 is 2.65 bits per heavy atom. The molecule has 0 heterocycles. The minimum atomic E-state index is -0.0327. The van der Waals surface area contributed by atoms with Crippen LogP contribution in [0.3, 0.4) is 0 Å². The number of fused-ring (bicyclic) bond motifs is 4. The Morgan fingerprint density at radius 2 is 1.80 bits per heavy atom. The highest BCUT2D eigenvalue weighted by Crippen LogP contribution is 2.60. The van der Waals surface area contributed by atoms with Crippen molar-refractivity contribution in [3.63, 3.8) is 0 Å². The van der Waals surface area contributed by atoms with Crippen molar-refractivity contribution in [1.29, 1.82) is 0 Å². The Labute approximate surface area is 122 Å². The lowest BCUT2D eigenvalue weighted by Crippen LogP contribution is -2.47. The molecular weight excluding hydrogens is 248 g/mol. The van der Waals surface area contributed by atoms with Crippen LogP contribution >= 0.6 is 0 Å². The minimum Gasteiger partial charge on any atom is -0.393 e. The van der Waals surface area contributed by atoms with Gasteiger partial charge in [0.15, 0.2) is 0 Å². The van der Waals surface area contributed by atoms with Gasteiger partial charge < -0.3 is 5.11 Å². The number of carbonyl (C=O) groups excluding carboxylic acids is 1. The molecule has 0 aromatic rings. The predicted octanol–water partition coefficient (Wildman–Crippen LogP) is 3.57. The van der Waals surface area contributed by atoms with Crippen LogP contribution in [0.15, 0.2) is 0 Å². The number of aliphatic hydroxyl groups is 1. The summed E-state index contributed by atoms with van der Waals surface area (Å²) in [6.07, 6.45) is 10.4. The minimum absolute atomic E-state index is 0.0299. The van der Waals surface area contributed by atoms with Crippen LogP contribution in [-0.2, 0) is 4.79 Å². The molecule has 0 spiro atoms. The largest absolute Gasteiger partial charge is 0.393 e. The number of hydrogen-bond acceptors (Lipinski definition) is 2. The summed E-state index contributed by atoms with van der Waals surface area (Å²) in [5.74, 6) is 4.53. The van der Waals surface area contributed by atoms with Gasteiger partial charge in [-0.2, -0.15) is 0 Å². The predicted molar refractivity (Wildman–Crippen MR) is 78.1 cm³/mol. The second-order valence-electron chi connectivity index (χ2n) is 8.41. The highest BCUT2D eigenvalue weighted by molar-refractivity contribution is 5.87. The van der Waals surface area contributed by atoms with E-state index in [0.29, 0.717) is 11.7 Å². The first-order valence-corrected chi connectivity index (χ1v) is 8.79. The van der Waals surface area contributed by atoms with E-state index >= 15 is 0 Å². The third kappa shape index (κ3) is 1.83. The molecule has 4 aliphatic carbocycles. The molecule has 0 saturated heterocycles. The highest BCUT2D eigenvalue weighted by atomic mass is 16.3. The zero-order valence-electron chi connectivity index (χ0n) is 12.7. The van der Waals surface area contributed by atoms with Gasteiger partial charge in [0, 0.05) is 11.8 Å². The van der Waals surface area contributed by atoms with Gasteiger partial charge in [-0.1, -0.05) is 6.92 Å². The number of rotatable bonds is 0. The maximum absolute atomic E-state index is 12.3. The third-order valence-electron chi connectivity index (χ3n) is 7.58. The second kappa shape index (κ2) is 4.56. The number of carbonyl (C=O) groups is 1. The molecule has 4 aliphatic rings. The van der Waals surface area contributed by atoms with Gasteiger partial charge in [-0.3, -0.25) is 4.79 Å². The van der Waals surface area contributed by atoms with Crippen molar-refractivity contribution in [2.45, 2.75) is 70.8 Å². The fraction of sp³-hybridized carbons (Fsp3) is 0.944. The van der Waals surface area contributed by atoms with Crippen LogP contribution in [0.1, 0.15) is 64.7 Å². The van der Waals surface area contributed by atoms with E-state index < -0.39 is 0 Å². The Kier molecular flexibility index (Phi) is 3.03. The fourth-order valence-electron chi connectivity index (χ4n) is 6.44. The molecule has 4 rings (SSSR count). The van der Waals surface area contributed by atoms with Crippen LogP contribution in [0.2, 0.25) is 0 Å². The van der Waals surface area contributed by atoms with Crippen molar-refractivity contribution in [3.8, 4) is 0 Å². The Hall–Kier alpha value is -0.370. The first kappa shape index (κ1) is 13.3. The van der Waals surface area contributed by atoms with Gasteiger partial charge in [0.25, 0.3) is 0 Å². The summed E-state index contributed by atoms with van der Waals surface area (Å²) in [6.45, 7) is 2.26. The van der Waals surface area contributed by atoms with Crippen LogP contribution in [0.25, 0.3) is 0 Å². The van der Waals surface area contributed by atoms with Gasteiger partial charge in [0.1, 0.15) is 5.78 Å². The Balaban J connectivity index is 1.56. The van der Waals surface area contributed by atoms with Crippen LogP contribution in [-0.4, -0.2) is 17.0 Å². The molecule has 0 bridgehead atoms. The Morgan fingerprint density at radius 1 is 1.00 bits per heavy atom. The zero-order chi connectivity index (χ0) is 13.9. The van der Waals surface area contributed by atoms with E-state index in [1.165, 1.54) is 32.1 Å². The molecule has 4 saturated carbocycles. The van der Waals surface area contributed by atoms with Crippen LogP contribution in [0, 0.1) is 35.0 Å². The molecule has 0 aromatic heterocycles. The summed E-state index contributed by atoms with van der Waals surface area (Å²) in [5, 5.41) is 9.93. The molecule has 0 aromatic carbocycles. The second-order valence-corrected chi connectivity index (χ2v) is 8.41.